The first kappa shape index (κ1) is 11.4. The molecule has 0 spiro atoms. The lowest BCUT2D eigenvalue weighted by molar-refractivity contribution is 0.374. The van der Waals surface area contributed by atoms with Gasteiger partial charge in [0.05, 0.1) is 17.8 Å². The SMILES string of the molecule is COc1c(O)c(N)c2c(c1Cl)CCCCC2. The zero-order valence-electron chi connectivity index (χ0n) is 9.35. The van der Waals surface area contributed by atoms with Crippen molar-refractivity contribution >= 4 is 17.3 Å². The van der Waals surface area contributed by atoms with E-state index in [1.54, 1.807) is 0 Å². The number of anilines is 1. The Hall–Kier alpha value is -1.09. The fourth-order valence-corrected chi connectivity index (χ4v) is 2.69. The van der Waals surface area contributed by atoms with Gasteiger partial charge in [0.25, 0.3) is 0 Å². The second kappa shape index (κ2) is 4.42. The van der Waals surface area contributed by atoms with Gasteiger partial charge >= 0.3 is 0 Å². The van der Waals surface area contributed by atoms with E-state index in [-0.39, 0.29) is 5.75 Å². The van der Waals surface area contributed by atoms with Crippen molar-refractivity contribution < 1.29 is 9.84 Å². The highest BCUT2D eigenvalue weighted by atomic mass is 35.5. The van der Waals surface area contributed by atoms with Crippen LogP contribution < -0.4 is 10.5 Å². The average Bonchev–Trinajstić information content (AvgIpc) is 2.52. The third-order valence-electron chi connectivity index (χ3n) is 3.18. The van der Waals surface area contributed by atoms with Crippen molar-refractivity contribution in [1.29, 1.82) is 0 Å². The van der Waals surface area contributed by atoms with Crippen LogP contribution in [0.4, 0.5) is 5.69 Å². The first-order chi connectivity index (χ1) is 7.66. The van der Waals surface area contributed by atoms with Crippen molar-refractivity contribution in [3.63, 3.8) is 0 Å². The second-order valence-corrected chi connectivity index (χ2v) is 4.51. The predicted molar refractivity (Wildman–Crippen MR) is 65.3 cm³/mol. The van der Waals surface area contributed by atoms with Crippen LogP contribution in [0.3, 0.4) is 0 Å². The molecule has 0 bridgehead atoms. The Balaban J connectivity index is 2.65. The maximum Gasteiger partial charge on any atom is 0.183 e. The molecule has 0 aliphatic heterocycles. The molecule has 0 saturated carbocycles. The summed E-state index contributed by atoms with van der Waals surface area (Å²) in [5.41, 5.74) is 8.41. The molecule has 88 valence electrons. The van der Waals surface area contributed by atoms with E-state index in [9.17, 15) is 5.11 Å². The van der Waals surface area contributed by atoms with E-state index in [4.69, 9.17) is 22.1 Å². The Kier molecular flexibility index (Phi) is 3.15. The Bertz CT molecular complexity index is 418. The van der Waals surface area contributed by atoms with Crippen LogP contribution in [0.5, 0.6) is 11.5 Å². The normalized spacial score (nSPS) is 15.4. The summed E-state index contributed by atoms with van der Waals surface area (Å²) >= 11 is 6.24. The summed E-state index contributed by atoms with van der Waals surface area (Å²) in [6.45, 7) is 0. The Morgan fingerprint density at radius 3 is 2.44 bits per heavy atom. The number of fused-ring (bicyclic) bond motifs is 1. The minimum Gasteiger partial charge on any atom is -0.503 e. The summed E-state index contributed by atoms with van der Waals surface area (Å²) in [6, 6.07) is 0. The van der Waals surface area contributed by atoms with E-state index >= 15 is 0 Å². The minimum absolute atomic E-state index is 0.0202. The number of phenols is 1. The van der Waals surface area contributed by atoms with Crippen molar-refractivity contribution in [1.82, 2.24) is 0 Å². The number of ether oxygens (including phenoxy) is 1. The number of hydrogen-bond acceptors (Lipinski definition) is 3. The van der Waals surface area contributed by atoms with Crippen LogP contribution in [-0.2, 0) is 12.8 Å². The maximum atomic E-state index is 9.89. The molecule has 1 aromatic carbocycles. The largest absolute Gasteiger partial charge is 0.503 e. The highest BCUT2D eigenvalue weighted by Gasteiger charge is 2.22. The van der Waals surface area contributed by atoms with E-state index in [1.165, 1.54) is 13.5 Å². The summed E-state index contributed by atoms with van der Waals surface area (Å²) in [5.74, 6) is 0.285. The van der Waals surface area contributed by atoms with Gasteiger partial charge in [-0.3, -0.25) is 0 Å². The lowest BCUT2D eigenvalue weighted by Gasteiger charge is -2.16. The van der Waals surface area contributed by atoms with Crippen molar-refractivity contribution in [2.24, 2.45) is 0 Å². The van der Waals surface area contributed by atoms with E-state index < -0.39 is 0 Å². The van der Waals surface area contributed by atoms with Gasteiger partial charge in [0, 0.05) is 0 Å². The maximum absolute atomic E-state index is 9.89. The quantitative estimate of drug-likeness (QED) is 0.452. The number of rotatable bonds is 1. The summed E-state index contributed by atoms with van der Waals surface area (Å²) in [7, 11) is 1.49. The lowest BCUT2D eigenvalue weighted by Crippen LogP contribution is -2.02. The standard InChI is InChI=1S/C12H16ClNO2/c1-16-12-9(13)7-5-3-2-4-6-8(7)10(14)11(12)15/h15H,2-6,14H2,1H3. The third kappa shape index (κ3) is 1.69. The molecule has 0 atom stereocenters. The van der Waals surface area contributed by atoms with E-state index in [0.29, 0.717) is 16.5 Å². The molecule has 4 heteroatoms. The molecule has 0 amide bonds. The molecular weight excluding hydrogens is 226 g/mol. The molecule has 1 aromatic rings. The van der Waals surface area contributed by atoms with Crippen molar-refractivity contribution in [2.45, 2.75) is 32.1 Å². The van der Waals surface area contributed by atoms with Gasteiger partial charge in [0.2, 0.25) is 0 Å². The minimum atomic E-state index is -0.0202. The van der Waals surface area contributed by atoms with Crippen LogP contribution in [0.1, 0.15) is 30.4 Å². The Morgan fingerprint density at radius 1 is 1.19 bits per heavy atom. The molecular formula is C12H16ClNO2. The van der Waals surface area contributed by atoms with Gasteiger partial charge in [0.15, 0.2) is 11.5 Å². The fourth-order valence-electron chi connectivity index (χ4n) is 2.31. The number of aromatic hydroxyl groups is 1. The lowest BCUT2D eigenvalue weighted by atomic mass is 9.99. The molecule has 0 fully saturated rings. The summed E-state index contributed by atoms with van der Waals surface area (Å²) in [5, 5.41) is 10.4. The Labute approximate surface area is 100 Å². The van der Waals surface area contributed by atoms with Crippen LogP contribution in [0, 0.1) is 0 Å². The van der Waals surface area contributed by atoms with Crippen molar-refractivity contribution in [3.8, 4) is 11.5 Å². The fraction of sp³-hybridized carbons (Fsp3) is 0.500. The van der Waals surface area contributed by atoms with Gasteiger partial charge in [-0.15, -0.1) is 0 Å². The number of benzene rings is 1. The van der Waals surface area contributed by atoms with Gasteiger partial charge in [-0.1, -0.05) is 18.0 Å². The van der Waals surface area contributed by atoms with Crippen LogP contribution in [0.2, 0.25) is 5.02 Å². The van der Waals surface area contributed by atoms with E-state index in [2.05, 4.69) is 0 Å². The van der Waals surface area contributed by atoms with Crippen LogP contribution in [0.15, 0.2) is 0 Å². The molecule has 3 N–H and O–H groups in total. The van der Waals surface area contributed by atoms with Gasteiger partial charge in [-0.25, -0.2) is 0 Å². The molecule has 0 heterocycles. The van der Waals surface area contributed by atoms with Crippen molar-refractivity contribution in [2.75, 3.05) is 12.8 Å². The zero-order valence-corrected chi connectivity index (χ0v) is 10.1. The topological polar surface area (TPSA) is 55.5 Å². The monoisotopic (exact) mass is 241 g/mol. The summed E-state index contributed by atoms with van der Waals surface area (Å²) in [6.07, 6.45) is 5.18. The van der Waals surface area contributed by atoms with Gasteiger partial charge in [0.1, 0.15) is 0 Å². The molecule has 3 nitrogen and oxygen atoms in total. The van der Waals surface area contributed by atoms with Crippen molar-refractivity contribution in [3.05, 3.63) is 16.1 Å². The average molecular weight is 242 g/mol. The zero-order chi connectivity index (χ0) is 11.7. The van der Waals surface area contributed by atoms with Gasteiger partial charge in [-0.05, 0) is 36.8 Å². The predicted octanol–water partition coefficient (Wildman–Crippen LogP) is 2.91. The smallest absolute Gasteiger partial charge is 0.183 e. The summed E-state index contributed by atoms with van der Waals surface area (Å²) in [4.78, 5) is 0. The number of hydrogen-bond donors (Lipinski definition) is 2. The first-order valence-electron chi connectivity index (χ1n) is 5.52. The van der Waals surface area contributed by atoms with E-state index in [1.807, 2.05) is 0 Å². The third-order valence-corrected chi connectivity index (χ3v) is 3.58. The van der Waals surface area contributed by atoms with Gasteiger partial charge in [-0.2, -0.15) is 0 Å². The number of nitrogens with two attached hydrogens (primary N) is 1. The van der Waals surface area contributed by atoms with Crippen LogP contribution >= 0.6 is 11.6 Å². The number of halogens is 1. The molecule has 0 aromatic heterocycles. The molecule has 0 radical (unpaired) electrons. The number of methoxy groups -OCH3 is 1. The highest BCUT2D eigenvalue weighted by Crippen LogP contribution is 2.45. The number of phenolic OH excluding ortho intramolecular Hbond substituents is 1. The Morgan fingerprint density at radius 2 is 1.81 bits per heavy atom. The summed E-state index contributed by atoms with van der Waals surface area (Å²) < 4.78 is 5.10. The molecule has 2 rings (SSSR count). The molecule has 1 aliphatic rings. The second-order valence-electron chi connectivity index (χ2n) is 4.13. The van der Waals surface area contributed by atoms with E-state index in [0.717, 1.165) is 36.8 Å². The molecule has 1 aliphatic carbocycles. The first-order valence-corrected chi connectivity index (χ1v) is 5.90. The molecule has 0 saturated heterocycles. The highest BCUT2D eigenvalue weighted by molar-refractivity contribution is 6.33. The molecule has 16 heavy (non-hydrogen) atoms. The number of nitrogen functional groups attached to an aromatic ring is 1. The van der Waals surface area contributed by atoms with Crippen LogP contribution in [-0.4, -0.2) is 12.2 Å². The molecule has 0 unspecified atom stereocenters. The van der Waals surface area contributed by atoms with Gasteiger partial charge < -0.3 is 15.6 Å². The van der Waals surface area contributed by atoms with Crippen LogP contribution in [0.25, 0.3) is 0 Å².